The zero-order valence-corrected chi connectivity index (χ0v) is 17.1. The van der Waals surface area contributed by atoms with Gasteiger partial charge in [0.15, 0.2) is 11.5 Å². The van der Waals surface area contributed by atoms with Gasteiger partial charge in [0.05, 0.1) is 14.2 Å². The summed E-state index contributed by atoms with van der Waals surface area (Å²) >= 11 is 3.55. The fourth-order valence-electron chi connectivity index (χ4n) is 3.07. The Hall–Kier alpha value is -2.47. The molecule has 3 rings (SSSR count). The van der Waals surface area contributed by atoms with Crippen LogP contribution in [0.15, 0.2) is 53.1 Å². The lowest BCUT2D eigenvalue weighted by Crippen LogP contribution is -2.26. The van der Waals surface area contributed by atoms with E-state index in [4.69, 9.17) is 9.47 Å². The maximum absolute atomic E-state index is 12.2. The normalized spacial score (nSPS) is 10.8. The molecule has 2 aromatic carbocycles. The molecule has 6 heteroatoms. The van der Waals surface area contributed by atoms with Gasteiger partial charge in [-0.15, -0.1) is 0 Å². The van der Waals surface area contributed by atoms with Crippen LogP contribution in [0.5, 0.6) is 11.5 Å². The predicted molar refractivity (Wildman–Crippen MR) is 111 cm³/mol. The third-order valence-electron chi connectivity index (χ3n) is 4.53. The van der Waals surface area contributed by atoms with Crippen LogP contribution in [-0.4, -0.2) is 31.2 Å². The summed E-state index contributed by atoms with van der Waals surface area (Å²) in [6, 6.07) is 14.1. The second kappa shape index (κ2) is 8.95. The number of amides is 1. The minimum atomic E-state index is 0.0457. The van der Waals surface area contributed by atoms with Gasteiger partial charge < -0.3 is 19.4 Å². The predicted octanol–water partition coefficient (Wildman–Crippen LogP) is 4.17. The summed E-state index contributed by atoms with van der Waals surface area (Å²) in [4.78, 5) is 12.2. The van der Waals surface area contributed by atoms with E-state index in [0.29, 0.717) is 37.4 Å². The average Bonchev–Trinajstić information content (AvgIpc) is 3.10. The summed E-state index contributed by atoms with van der Waals surface area (Å²) in [6.07, 6.45) is 3.18. The molecule has 0 saturated heterocycles. The van der Waals surface area contributed by atoms with Crippen LogP contribution in [0.4, 0.5) is 0 Å². The van der Waals surface area contributed by atoms with E-state index in [0.717, 1.165) is 15.6 Å². The van der Waals surface area contributed by atoms with Gasteiger partial charge in [0, 0.05) is 35.7 Å². The average molecular weight is 431 g/mol. The van der Waals surface area contributed by atoms with Crippen LogP contribution in [-0.2, 0) is 17.8 Å². The Bertz CT molecular complexity index is 936. The van der Waals surface area contributed by atoms with Gasteiger partial charge in [0.25, 0.3) is 0 Å². The standard InChI is InChI=1S/C21H23BrN2O3/c1-26-19-13-16(17(22)14-20(19)27-2)7-10-23-21(25)9-12-24-11-8-15-5-3-4-6-18(15)24/h3-6,8,11,13-14H,7,9-10,12H2,1-2H3,(H,23,25). The molecule has 1 aromatic heterocycles. The summed E-state index contributed by atoms with van der Waals surface area (Å²) in [5.41, 5.74) is 2.21. The first-order valence-electron chi connectivity index (χ1n) is 8.83. The number of hydrogen-bond donors (Lipinski definition) is 1. The number of nitrogens with zero attached hydrogens (tertiary/aromatic N) is 1. The van der Waals surface area contributed by atoms with Crippen molar-refractivity contribution in [3.63, 3.8) is 0 Å². The Morgan fingerprint density at radius 3 is 2.63 bits per heavy atom. The van der Waals surface area contributed by atoms with Crippen LogP contribution >= 0.6 is 15.9 Å². The zero-order chi connectivity index (χ0) is 19.2. The van der Waals surface area contributed by atoms with Gasteiger partial charge in [-0.05, 0) is 41.6 Å². The Labute approximate surface area is 167 Å². The van der Waals surface area contributed by atoms with Gasteiger partial charge in [-0.3, -0.25) is 4.79 Å². The molecule has 1 heterocycles. The van der Waals surface area contributed by atoms with Gasteiger partial charge >= 0.3 is 0 Å². The number of halogens is 1. The molecule has 5 nitrogen and oxygen atoms in total. The first kappa shape index (κ1) is 19.3. The van der Waals surface area contributed by atoms with Crippen LogP contribution in [0.25, 0.3) is 10.9 Å². The van der Waals surface area contributed by atoms with E-state index in [1.807, 2.05) is 30.5 Å². The van der Waals surface area contributed by atoms with Crippen molar-refractivity contribution < 1.29 is 14.3 Å². The van der Waals surface area contributed by atoms with Gasteiger partial charge in [-0.25, -0.2) is 0 Å². The number of nitrogens with one attached hydrogen (secondary N) is 1. The number of hydrogen-bond acceptors (Lipinski definition) is 3. The molecule has 1 amide bonds. The van der Waals surface area contributed by atoms with E-state index >= 15 is 0 Å². The van der Waals surface area contributed by atoms with Gasteiger partial charge in [-0.2, -0.15) is 0 Å². The van der Waals surface area contributed by atoms with Crippen molar-refractivity contribution in [2.75, 3.05) is 20.8 Å². The molecule has 0 radical (unpaired) electrons. The highest BCUT2D eigenvalue weighted by molar-refractivity contribution is 9.10. The number of benzene rings is 2. The molecule has 1 N–H and O–H groups in total. The Balaban J connectivity index is 1.51. The van der Waals surface area contributed by atoms with Crippen molar-refractivity contribution in [3.8, 4) is 11.5 Å². The van der Waals surface area contributed by atoms with Crippen LogP contribution in [0, 0.1) is 0 Å². The van der Waals surface area contributed by atoms with Crippen molar-refractivity contribution in [1.29, 1.82) is 0 Å². The topological polar surface area (TPSA) is 52.5 Å². The highest BCUT2D eigenvalue weighted by Gasteiger charge is 2.10. The Kier molecular flexibility index (Phi) is 6.40. The number of carbonyl (C=O) groups excluding carboxylic acids is 1. The lowest BCUT2D eigenvalue weighted by atomic mass is 10.1. The largest absolute Gasteiger partial charge is 0.493 e. The lowest BCUT2D eigenvalue weighted by molar-refractivity contribution is -0.121. The van der Waals surface area contributed by atoms with E-state index < -0.39 is 0 Å². The molecular formula is C21H23BrN2O3. The minimum Gasteiger partial charge on any atom is -0.493 e. The molecule has 0 saturated carbocycles. The molecule has 3 aromatic rings. The van der Waals surface area contributed by atoms with Crippen LogP contribution in [0.1, 0.15) is 12.0 Å². The smallest absolute Gasteiger partial charge is 0.221 e. The van der Waals surface area contributed by atoms with Gasteiger partial charge in [0.2, 0.25) is 5.91 Å². The maximum Gasteiger partial charge on any atom is 0.221 e. The number of carbonyl (C=O) groups is 1. The van der Waals surface area contributed by atoms with Crippen molar-refractivity contribution in [3.05, 3.63) is 58.7 Å². The fourth-order valence-corrected chi connectivity index (χ4v) is 3.59. The second-order valence-corrected chi connectivity index (χ2v) is 7.07. The molecule has 0 aliphatic carbocycles. The van der Waals surface area contributed by atoms with Gasteiger partial charge in [-0.1, -0.05) is 34.1 Å². The van der Waals surface area contributed by atoms with Gasteiger partial charge in [0.1, 0.15) is 0 Å². The van der Waals surface area contributed by atoms with Crippen molar-refractivity contribution in [2.24, 2.45) is 0 Å². The lowest BCUT2D eigenvalue weighted by Gasteiger charge is -2.12. The number of aryl methyl sites for hydroxylation is 1. The summed E-state index contributed by atoms with van der Waals surface area (Å²) in [5, 5.41) is 4.18. The van der Waals surface area contributed by atoms with E-state index in [1.165, 1.54) is 5.39 Å². The molecule has 0 unspecified atom stereocenters. The zero-order valence-electron chi connectivity index (χ0n) is 15.5. The maximum atomic E-state index is 12.2. The highest BCUT2D eigenvalue weighted by Crippen LogP contribution is 2.33. The summed E-state index contributed by atoms with van der Waals surface area (Å²) in [7, 11) is 3.22. The first-order chi connectivity index (χ1) is 13.1. The molecule has 0 aliphatic rings. The molecule has 142 valence electrons. The van der Waals surface area contributed by atoms with Crippen molar-refractivity contribution >= 4 is 32.7 Å². The molecule has 0 atom stereocenters. The number of methoxy groups -OCH3 is 2. The molecule has 0 fully saturated rings. The molecular weight excluding hydrogens is 408 g/mol. The SMILES string of the molecule is COc1cc(Br)c(CCNC(=O)CCn2ccc3ccccc32)cc1OC. The number of ether oxygens (including phenoxy) is 2. The second-order valence-electron chi connectivity index (χ2n) is 6.22. The summed E-state index contributed by atoms with van der Waals surface area (Å²) < 4.78 is 13.7. The summed E-state index contributed by atoms with van der Waals surface area (Å²) in [6.45, 7) is 1.23. The minimum absolute atomic E-state index is 0.0457. The number of fused-ring (bicyclic) bond motifs is 1. The third-order valence-corrected chi connectivity index (χ3v) is 5.27. The van der Waals surface area contributed by atoms with E-state index in [2.05, 4.69) is 44.0 Å². The number of para-hydroxylation sites is 1. The Morgan fingerprint density at radius 1 is 1.11 bits per heavy atom. The number of rotatable bonds is 8. The Morgan fingerprint density at radius 2 is 1.85 bits per heavy atom. The van der Waals surface area contributed by atoms with Crippen molar-refractivity contribution in [2.45, 2.75) is 19.4 Å². The van der Waals surface area contributed by atoms with E-state index in [-0.39, 0.29) is 5.91 Å². The van der Waals surface area contributed by atoms with E-state index in [1.54, 1.807) is 14.2 Å². The van der Waals surface area contributed by atoms with Crippen LogP contribution < -0.4 is 14.8 Å². The molecule has 27 heavy (non-hydrogen) atoms. The van der Waals surface area contributed by atoms with Crippen molar-refractivity contribution in [1.82, 2.24) is 9.88 Å². The molecule has 0 spiro atoms. The van der Waals surface area contributed by atoms with E-state index in [9.17, 15) is 4.79 Å². The monoisotopic (exact) mass is 430 g/mol. The third kappa shape index (κ3) is 4.63. The summed E-state index contributed by atoms with van der Waals surface area (Å²) in [5.74, 6) is 1.40. The van der Waals surface area contributed by atoms with Crippen LogP contribution in [0.3, 0.4) is 0 Å². The molecule has 0 aliphatic heterocycles. The quantitative estimate of drug-likeness (QED) is 0.583. The molecule has 0 bridgehead atoms. The fraction of sp³-hybridized carbons (Fsp3) is 0.286. The number of aromatic nitrogens is 1. The van der Waals surface area contributed by atoms with Crippen LogP contribution in [0.2, 0.25) is 0 Å². The highest BCUT2D eigenvalue weighted by atomic mass is 79.9. The first-order valence-corrected chi connectivity index (χ1v) is 9.62.